The number of hydrogen-bond donors (Lipinski definition) is 2. The van der Waals surface area contributed by atoms with Crippen LogP contribution in [-0.2, 0) is 11.3 Å². The van der Waals surface area contributed by atoms with Crippen molar-refractivity contribution >= 4 is 17.2 Å². The number of rotatable bonds is 3. The van der Waals surface area contributed by atoms with Crippen LogP contribution in [-0.4, -0.2) is 16.9 Å². The molecule has 0 spiro atoms. The van der Waals surface area contributed by atoms with E-state index < -0.39 is 6.04 Å². The van der Waals surface area contributed by atoms with Gasteiger partial charge in [0.05, 0.1) is 17.6 Å². The topological polar surface area (TPSA) is 68.0 Å². The van der Waals surface area contributed by atoms with E-state index in [2.05, 4.69) is 10.3 Å². The third kappa shape index (κ3) is 3.12. The first kappa shape index (κ1) is 10.1. The number of carbonyl (C=O) groups excluding carboxylic acids is 1. The van der Waals surface area contributed by atoms with Crippen molar-refractivity contribution < 1.29 is 4.79 Å². The van der Waals surface area contributed by atoms with E-state index in [-0.39, 0.29) is 5.91 Å². The van der Waals surface area contributed by atoms with Crippen molar-refractivity contribution in [3.8, 4) is 0 Å². The quantitative estimate of drug-likeness (QED) is 0.741. The van der Waals surface area contributed by atoms with Gasteiger partial charge in [-0.15, -0.1) is 11.3 Å². The van der Waals surface area contributed by atoms with Crippen molar-refractivity contribution in [1.29, 1.82) is 0 Å². The number of nitrogens with zero attached hydrogens (tertiary/aromatic N) is 1. The second kappa shape index (κ2) is 4.34. The number of hydrogen-bond acceptors (Lipinski definition) is 4. The van der Waals surface area contributed by atoms with E-state index in [9.17, 15) is 4.79 Å². The first-order valence-corrected chi connectivity index (χ1v) is 4.86. The van der Waals surface area contributed by atoms with E-state index in [1.54, 1.807) is 24.5 Å². The van der Waals surface area contributed by atoms with E-state index in [4.69, 9.17) is 5.73 Å². The monoisotopic (exact) mass is 199 g/mol. The Kier molecular flexibility index (Phi) is 3.39. The van der Waals surface area contributed by atoms with Gasteiger partial charge in [0.15, 0.2) is 0 Å². The largest absolute Gasteiger partial charge is 0.350 e. The molecule has 3 N–H and O–H groups in total. The molecule has 5 heteroatoms. The molecular formula is C8H13N3OS. The number of amides is 1. The first-order valence-electron chi connectivity index (χ1n) is 4.04. The molecule has 1 atom stereocenters. The van der Waals surface area contributed by atoms with Gasteiger partial charge in [0, 0.05) is 11.1 Å². The van der Waals surface area contributed by atoms with Gasteiger partial charge in [-0.05, 0) is 13.8 Å². The molecule has 1 aromatic rings. The Hall–Kier alpha value is -0.940. The van der Waals surface area contributed by atoms with Gasteiger partial charge in [0.25, 0.3) is 0 Å². The standard InChI is InChI=1S/C8H13N3OS/c1-5(9)8(12)11-4-7-3-10-6(2)13-7/h3,5H,4,9H2,1-2H3,(H,11,12)/t5-/m1/s1. The van der Waals surface area contributed by atoms with Crippen LogP contribution < -0.4 is 11.1 Å². The number of nitrogens with one attached hydrogen (secondary N) is 1. The van der Waals surface area contributed by atoms with Gasteiger partial charge in [-0.2, -0.15) is 0 Å². The highest BCUT2D eigenvalue weighted by Gasteiger charge is 2.06. The molecule has 0 fully saturated rings. The summed E-state index contributed by atoms with van der Waals surface area (Å²) in [5.41, 5.74) is 5.38. The fraction of sp³-hybridized carbons (Fsp3) is 0.500. The lowest BCUT2D eigenvalue weighted by molar-refractivity contribution is -0.122. The predicted octanol–water partition coefficient (Wildman–Crippen LogP) is 0.415. The summed E-state index contributed by atoms with van der Waals surface area (Å²) in [5, 5.41) is 3.72. The number of thiazole rings is 1. The van der Waals surface area contributed by atoms with Crippen molar-refractivity contribution in [3.05, 3.63) is 16.1 Å². The summed E-state index contributed by atoms with van der Waals surface area (Å²) in [6.07, 6.45) is 1.77. The molecule has 0 aliphatic heterocycles. The lowest BCUT2D eigenvalue weighted by Gasteiger charge is -2.05. The molecule has 1 amide bonds. The summed E-state index contributed by atoms with van der Waals surface area (Å²) in [5.74, 6) is -0.133. The highest BCUT2D eigenvalue weighted by atomic mass is 32.1. The van der Waals surface area contributed by atoms with E-state index >= 15 is 0 Å². The van der Waals surface area contributed by atoms with Crippen molar-refractivity contribution in [2.45, 2.75) is 26.4 Å². The molecule has 0 saturated heterocycles. The maximum atomic E-state index is 11.1. The van der Waals surface area contributed by atoms with Gasteiger partial charge < -0.3 is 11.1 Å². The minimum absolute atomic E-state index is 0.133. The number of nitrogens with two attached hydrogens (primary N) is 1. The summed E-state index contributed by atoms with van der Waals surface area (Å²) in [6.45, 7) is 4.11. The number of aryl methyl sites for hydroxylation is 1. The van der Waals surface area contributed by atoms with Gasteiger partial charge in [-0.3, -0.25) is 4.79 Å². The minimum atomic E-state index is -0.450. The average molecular weight is 199 g/mol. The maximum Gasteiger partial charge on any atom is 0.236 e. The summed E-state index contributed by atoms with van der Waals surface area (Å²) >= 11 is 1.57. The molecule has 1 heterocycles. The Morgan fingerprint density at radius 3 is 3.00 bits per heavy atom. The van der Waals surface area contributed by atoms with Gasteiger partial charge in [-0.1, -0.05) is 0 Å². The van der Waals surface area contributed by atoms with Crippen LogP contribution >= 0.6 is 11.3 Å². The summed E-state index contributed by atoms with van der Waals surface area (Å²) in [6, 6.07) is -0.450. The first-order chi connectivity index (χ1) is 6.09. The van der Waals surface area contributed by atoms with Gasteiger partial charge >= 0.3 is 0 Å². The van der Waals surface area contributed by atoms with Gasteiger partial charge in [-0.25, -0.2) is 4.98 Å². The van der Waals surface area contributed by atoms with Crippen LogP contribution in [0.2, 0.25) is 0 Å². The second-order valence-electron chi connectivity index (χ2n) is 2.85. The molecule has 72 valence electrons. The zero-order valence-corrected chi connectivity index (χ0v) is 8.52. The second-order valence-corrected chi connectivity index (χ2v) is 4.17. The number of aromatic nitrogens is 1. The van der Waals surface area contributed by atoms with Crippen LogP contribution in [0.3, 0.4) is 0 Å². The average Bonchev–Trinajstić information content (AvgIpc) is 2.47. The summed E-state index contributed by atoms with van der Waals surface area (Å²) in [4.78, 5) is 16.2. The SMILES string of the molecule is Cc1ncc(CNC(=O)[C@@H](C)N)s1. The molecular weight excluding hydrogens is 186 g/mol. The normalized spacial score (nSPS) is 12.5. The minimum Gasteiger partial charge on any atom is -0.350 e. The Labute approximate surface area is 81.2 Å². The smallest absolute Gasteiger partial charge is 0.236 e. The Morgan fingerprint density at radius 2 is 2.54 bits per heavy atom. The molecule has 0 aliphatic rings. The van der Waals surface area contributed by atoms with E-state index in [1.807, 2.05) is 6.92 Å². The van der Waals surface area contributed by atoms with Crippen LogP contribution in [0.4, 0.5) is 0 Å². The maximum absolute atomic E-state index is 11.1. The Morgan fingerprint density at radius 1 is 1.85 bits per heavy atom. The van der Waals surface area contributed by atoms with E-state index in [0.717, 1.165) is 9.88 Å². The molecule has 4 nitrogen and oxygen atoms in total. The zero-order valence-electron chi connectivity index (χ0n) is 7.70. The summed E-state index contributed by atoms with van der Waals surface area (Å²) in [7, 11) is 0. The van der Waals surface area contributed by atoms with E-state index in [0.29, 0.717) is 6.54 Å². The van der Waals surface area contributed by atoms with Gasteiger partial charge in [0.2, 0.25) is 5.91 Å². The van der Waals surface area contributed by atoms with Crippen molar-refractivity contribution in [3.63, 3.8) is 0 Å². The Balaban J connectivity index is 2.39. The molecule has 0 aliphatic carbocycles. The van der Waals surface area contributed by atoms with E-state index in [1.165, 1.54) is 0 Å². The molecule has 0 aromatic carbocycles. The summed E-state index contributed by atoms with van der Waals surface area (Å²) < 4.78 is 0. The third-order valence-corrected chi connectivity index (χ3v) is 2.43. The molecule has 0 radical (unpaired) electrons. The predicted molar refractivity (Wildman–Crippen MR) is 52.3 cm³/mol. The third-order valence-electron chi connectivity index (χ3n) is 1.52. The van der Waals surface area contributed by atoms with Crippen LogP contribution in [0.1, 0.15) is 16.8 Å². The van der Waals surface area contributed by atoms with Crippen LogP contribution in [0.25, 0.3) is 0 Å². The van der Waals surface area contributed by atoms with Gasteiger partial charge in [0.1, 0.15) is 0 Å². The molecule has 1 rings (SSSR count). The number of carbonyl (C=O) groups is 1. The van der Waals surface area contributed by atoms with Crippen LogP contribution in [0.5, 0.6) is 0 Å². The fourth-order valence-corrected chi connectivity index (χ4v) is 1.56. The Bertz CT molecular complexity index is 295. The van der Waals surface area contributed by atoms with Crippen molar-refractivity contribution in [2.75, 3.05) is 0 Å². The molecule has 0 unspecified atom stereocenters. The lowest BCUT2D eigenvalue weighted by atomic mass is 10.3. The highest BCUT2D eigenvalue weighted by molar-refractivity contribution is 7.11. The van der Waals surface area contributed by atoms with Crippen molar-refractivity contribution in [1.82, 2.24) is 10.3 Å². The molecule has 0 bridgehead atoms. The highest BCUT2D eigenvalue weighted by Crippen LogP contribution is 2.10. The van der Waals surface area contributed by atoms with Crippen LogP contribution in [0, 0.1) is 6.92 Å². The molecule has 0 saturated carbocycles. The zero-order chi connectivity index (χ0) is 9.84. The van der Waals surface area contributed by atoms with Crippen LogP contribution in [0.15, 0.2) is 6.20 Å². The lowest BCUT2D eigenvalue weighted by Crippen LogP contribution is -2.37. The molecule has 1 aromatic heterocycles. The fourth-order valence-electron chi connectivity index (χ4n) is 0.822. The molecule has 13 heavy (non-hydrogen) atoms. The van der Waals surface area contributed by atoms with Crippen molar-refractivity contribution in [2.24, 2.45) is 5.73 Å².